The Kier molecular flexibility index (Phi) is 4.72. The molecule has 1 unspecified atom stereocenters. The highest BCUT2D eigenvalue weighted by atomic mass is 19.1. The quantitative estimate of drug-likeness (QED) is 0.883. The first kappa shape index (κ1) is 13.5. The van der Waals surface area contributed by atoms with E-state index in [0.717, 1.165) is 31.1 Å². The van der Waals surface area contributed by atoms with Gasteiger partial charge in [0, 0.05) is 12.6 Å². The van der Waals surface area contributed by atoms with Gasteiger partial charge in [-0.2, -0.15) is 0 Å². The molecule has 1 N–H and O–H groups in total. The molecule has 2 rings (SSSR count). The summed E-state index contributed by atoms with van der Waals surface area (Å²) in [5.41, 5.74) is 1.08. The van der Waals surface area contributed by atoms with Gasteiger partial charge in [0.1, 0.15) is 5.82 Å². The average molecular weight is 250 g/mol. The van der Waals surface area contributed by atoms with Crippen molar-refractivity contribution in [3.63, 3.8) is 0 Å². The topological polar surface area (TPSA) is 15.3 Å². The van der Waals surface area contributed by atoms with Crippen molar-refractivity contribution in [1.82, 2.24) is 10.2 Å². The normalized spacial score (nSPS) is 19.9. The molecule has 1 fully saturated rings. The molecule has 18 heavy (non-hydrogen) atoms. The van der Waals surface area contributed by atoms with Crippen molar-refractivity contribution in [3.8, 4) is 0 Å². The third kappa shape index (κ3) is 3.53. The summed E-state index contributed by atoms with van der Waals surface area (Å²) in [7, 11) is 2.03. The number of hydrogen-bond acceptors (Lipinski definition) is 2. The van der Waals surface area contributed by atoms with E-state index < -0.39 is 0 Å². The summed E-state index contributed by atoms with van der Waals surface area (Å²) in [4.78, 5) is 2.42. The van der Waals surface area contributed by atoms with Crippen LogP contribution in [0.2, 0.25) is 0 Å². The largest absolute Gasteiger partial charge is 0.317 e. The number of rotatable bonds is 4. The molecule has 1 atom stereocenters. The van der Waals surface area contributed by atoms with Gasteiger partial charge in [-0.05, 0) is 63.5 Å². The molecule has 1 aliphatic heterocycles. The van der Waals surface area contributed by atoms with E-state index in [-0.39, 0.29) is 5.82 Å². The van der Waals surface area contributed by atoms with Crippen LogP contribution in [0.25, 0.3) is 0 Å². The van der Waals surface area contributed by atoms with Crippen molar-refractivity contribution >= 4 is 0 Å². The molecule has 0 spiro atoms. The second-order valence-electron chi connectivity index (χ2n) is 5.32. The number of piperidine rings is 1. The van der Waals surface area contributed by atoms with Gasteiger partial charge in [-0.15, -0.1) is 0 Å². The van der Waals surface area contributed by atoms with Gasteiger partial charge in [0.25, 0.3) is 0 Å². The zero-order valence-corrected chi connectivity index (χ0v) is 11.3. The van der Waals surface area contributed by atoms with E-state index in [2.05, 4.69) is 17.1 Å². The molecular weight excluding hydrogens is 227 g/mol. The fourth-order valence-corrected chi connectivity index (χ4v) is 2.74. The van der Waals surface area contributed by atoms with Crippen LogP contribution in [0.3, 0.4) is 0 Å². The minimum absolute atomic E-state index is 0.133. The van der Waals surface area contributed by atoms with Gasteiger partial charge in [0.05, 0.1) is 0 Å². The maximum atomic E-state index is 13.1. The average Bonchev–Trinajstić information content (AvgIpc) is 2.39. The Labute approximate surface area is 109 Å². The van der Waals surface area contributed by atoms with Crippen LogP contribution in [-0.2, 0) is 6.54 Å². The smallest absolute Gasteiger partial charge is 0.123 e. The Bertz CT molecular complexity index is 373. The van der Waals surface area contributed by atoms with Crippen molar-refractivity contribution < 1.29 is 4.39 Å². The van der Waals surface area contributed by atoms with E-state index in [4.69, 9.17) is 0 Å². The van der Waals surface area contributed by atoms with Crippen LogP contribution in [0.15, 0.2) is 24.3 Å². The molecule has 1 aliphatic rings. The first-order chi connectivity index (χ1) is 8.69. The molecule has 1 saturated heterocycles. The second-order valence-corrected chi connectivity index (χ2v) is 5.32. The predicted molar refractivity (Wildman–Crippen MR) is 72.9 cm³/mol. The lowest BCUT2D eigenvalue weighted by Gasteiger charge is -2.34. The maximum absolute atomic E-state index is 13.1. The van der Waals surface area contributed by atoms with Gasteiger partial charge in [0.2, 0.25) is 0 Å². The summed E-state index contributed by atoms with van der Waals surface area (Å²) in [6.07, 6.45) is 2.47. The van der Waals surface area contributed by atoms with Crippen LogP contribution in [0.5, 0.6) is 0 Å². The first-order valence-electron chi connectivity index (χ1n) is 6.83. The molecule has 1 heterocycles. The molecule has 1 aromatic carbocycles. The predicted octanol–water partition coefficient (Wildman–Crippen LogP) is 2.65. The summed E-state index contributed by atoms with van der Waals surface area (Å²) in [6, 6.07) is 7.54. The molecule has 3 heteroatoms. The Morgan fingerprint density at radius 3 is 2.72 bits per heavy atom. The van der Waals surface area contributed by atoms with Gasteiger partial charge in [0.15, 0.2) is 0 Å². The maximum Gasteiger partial charge on any atom is 0.123 e. The second kappa shape index (κ2) is 6.30. The summed E-state index contributed by atoms with van der Waals surface area (Å²) >= 11 is 0. The number of halogens is 1. The standard InChI is InChI=1S/C15H23FN2/c1-12(17-2)14-6-8-18(9-7-14)11-13-4-3-5-15(16)10-13/h3-5,10,12,14,17H,6-9,11H2,1-2H3. The molecular formula is C15H23FN2. The number of likely N-dealkylation sites (tertiary alicyclic amines) is 1. The van der Waals surface area contributed by atoms with Gasteiger partial charge >= 0.3 is 0 Å². The van der Waals surface area contributed by atoms with E-state index in [1.807, 2.05) is 13.1 Å². The molecule has 0 aromatic heterocycles. The van der Waals surface area contributed by atoms with Gasteiger partial charge < -0.3 is 5.32 Å². The van der Waals surface area contributed by atoms with E-state index in [1.54, 1.807) is 12.1 Å². The molecule has 0 bridgehead atoms. The Hall–Kier alpha value is -0.930. The molecule has 0 saturated carbocycles. The third-order valence-electron chi connectivity index (χ3n) is 4.09. The monoisotopic (exact) mass is 250 g/mol. The first-order valence-corrected chi connectivity index (χ1v) is 6.83. The van der Waals surface area contributed by atoms with Gasteiger partial charge in [-0.25, -0.2) is 4.39 Å². The van der Waals surface area contributed by atoms with E-state index in [9.17, 15) is 4.39 Å². The SMILES string of the molecule is CNC(C)C1CCN(Cc2cccc(F)c2)CC1. The molecule has 100 valence electrons. The Balaban J connectivity index is 1.83. The van der Waals surface area contributed by atoms with Gasteiger partial charge in [-0.3, -0.25) is 4.90 Å². The Morgan fingerprint density at radius 2 is 2.11 bits per heavy atom. The van der Waals surface area contributed by atoms with Crippen LogP contribution in [0.4, 0.5) is 4.39 Å². The van der Waals surface area contributed by atoms with Gasteiger partial charge in [-0.1, -0.05) is 12.1 Å². The lowest BCUT2D eigenvalue weighted by Crippen LogP contribution is -2.40. The lowest BCUT2D eigenvalue weighted by atomic mass is 9.90. The van der Waals surface area contributed by atoms with Crippen LogP contribution in [0.1, 0.15) is 25.3 Å². The van der Waals surface area contributed by atoms with Crippen molar-refractivity contribution in [1.29, 1.82) is 0 Å². The summed E-state index contributed by atoms with van der Waals surface area (Å²) in [5, 5.41) is 3.34. The number of nitrogens with zero attached hydrogens (tertiary/aromatic N) is 1. The third-order valence-corrected chi connectivity index (χ3v) is 4.09. The summed E-state index contributed by atoms with van der Waals surface area (Å²) < 4.78 is 13.1. The minimum atomic E-state index is -0.133. The zero-order chi connectivity index (χ0) is 13.0. The Morgan fingerprint density at radius 1 is 1.39 bits per heavy atom. The zero-order valence-electron chi connectivity index (χ0n) is 11.3. The molecule has 2 nitrogen and oxygen atoms in total. The van der Waals surface area contributed by atoms with E-state index in [1.165, 1.54) is 18.9 Å². The summed E-state index contributed by atoms with van der Waals surface area (Å²) in [5.74, 6) is 0.643. The van der Waals surface area contributed by atoms with Crippen LogP contribution >= 0.6 is 0 Å². The lowest BCUT2D eigenvalue weighted by molar-refractivity contribution is 0.158. The van der Waals surface area contributed by atoms with Crippen molar-refractivity contribution in [3.05, 3.63) is 35.6 Å². The van der Waals surface area contributed by atoms with Crippen molar-refractivity contribution in [2.24, 2.45) is 5.92 Å². The molecule has 0 amide bonds. The fraction of sp³-hybridized carbons (Fsp3) is 0.600. The van der Waals surface area contributed by atoms with Crippen LogP contribution in [-0.4, -0.2) is 31.1 Å². The fourth-order valence-electron chi connectivity index (χ4n) is 2.74. The number of hydrogen-bond donors (Lipinski definition) is 1. The number of benzene rings is 1. The highest BCUT2D eigenvalue weighted by Crippen LogP contribution is 2.21. The van der Waals surface area contributed by atoms with Crippen molar-refractivity contribution in [2.75, 3.05) is 20.1 Å². The molecule has 0 radical (unpaired) electrons. The van der Waals surface area contributed by atoms with E-state index in [0.29, 0.717) is 6.04 Å². The number of nitrogens with one attached hydrogen (secondary N) is 1. The summed E-state index contributed by atoms with van der Waals surface area (Å²) in [6.45, 7) is 5.37. The minimum Gasteiger partial charge on any atom is -0.317 e. The van der Waals surface area contributed by atoms with Crippen LogP contribution in [0, 0.1) is 11.7 Å². The van der Waals surface area contributed by atoms with E-state index >= 15 is 0 Å². The highest BCUT2D eigenvalue weighted by Gasteiger charge is 2.22. The molecule has 1 aromatic rings. The molecule has 0 aliphatic carbocycles. The highest BCUT2D eigenvalue weighted by molar-refractivity contribution is 5.16. The van der Waals surface area contributed by atoms with Crippen molar-refractivity contribution in [2.45, 2.75) is 32.4 Å². The van der Waals surface area contributed by atoms with Crippen LogP contribution < -0.4 is 5.32 Å².